The lowest BCUT2D eigenvalue weighted by molar-refractivity contribution is -0.143. The first kappa shape index (κ1) is 38.7. The van der Waals surface area contributed by atoms with E-state index in [9.17, 15) is 20.1 Å². The quantitative estimate of drug-likeness (QED) is 0.0639. The number of hydrogen-bond donors (Lipinski definition) is 5. The van der Waals surface area contributed by atoms with E-state index in [4.69, 9.17) is 19.4 Å². The summed E-state index contributed by atoms with van der Waals surface area (Å²) in [5.41, 5.74) is 12.1. The Bertz CT molecular complexity index is 3010. The molecule has 0 spiro atoms. The van der Waals surface area contributed by atoms with Crippen LogP contribution < -0.4 is 4.74 Å². The number of hydrogen-bond acceptors (Lipinski definition) is 8. The minimum atomic E-state index is -0.204. The summed E-state index contributed by atoms with van der Waals surface area (Å²) in [7, 11) is 0. The van der Waals surface area contributed by atoms with Crippen LogP contribution in [0.2, 0.25) is 0 Å². The van der Waals surface area contributed by atoms with Gasteiger partial charge in [-0.05, 0) is 139 Å². The van der Waals surface area contributed by atoms with E-state index in [-0.39, 0.29) is 23.2 Å². The number of carbonyl (C=O) groups excluding carboxylic acids is 1. The summed E-state index contributed by atoms with van der Waals surface area (Å²) in [6.45, 7) is 2.61. The van der Waals surface area contributed by atoms with Crippen LogP contribution in [0, 0.1) is 0 Å². The van der Waals surface area contributed by atoms with Crippen molar-refractivity contribution in [2.24, 2.45) is 0 Å². The molecule has 5 N–H and O–H groups in total. The minimum Gasteiger partial charge on any atom is -0.508 e. The van der Waals surface area contributed by atoms with E-state index in [1.165, 1.54) is 0 Å². The lowest BCUT2D eigenvalue weighted by Gasteiger charge is -2.10. The summed E-state index contributed by atoms with van der Waals surface area (Å²) < 4.78 is 11.3. The van der Waals surface area contributed by atoms with Gasteiger partial charge in [-0.15, -0.1) is 0 Å². The monoisotopic (exact) mass is 806 g/mol. The average molecular weight is 807 g/mol. The van der Waals surface area contributed by atoms with Gasteiger partial charge in [0.25, 0.3) is 0 Å². The Morgan fingerprint density at radius 2 is 0.918 bits per heavy atom. The molecule has 2 aliphatic heterocycles. The highest BCUT2D eigenvalue weighted by Gasteiger charge is 2.20. The van der Waals surface area contributed by atoms with Crippen molar-refractivity contribution in [3.63, 3.8) is 0 Å². The van der Waals surface area contributed by atoms with Crippen LogP contribution >= 0.6 is 0 Å². The van der Waals surface area contributed by atoms with E-state index in [0.717, 1.165) is 66.6 Å². The number of nitrogens with one attached hydrogen (secondary N) is 2. The summed E-state index contributed by atoms with van der Waals surface area (Å²) in [6.07, 6.45) is 9.61. The highest BCUT2D eigenvalue weighted by atomic mass is 16.5. The van der Waals surface area contributed by atoms with Crippen molar-refractivity contribution in [1.82, 2.24) is 19.9 Å². The Kier molecular flexibility index (Phi) is 10.6. The number of H-pyrrole nitrogens is 2. The summed E-state index contributed by atoms with van der Waals surface area (Å²) in [5.74, 6) is 0.844. The predicted molar refractivity (Wildman–Crippen MR) is 242 cm³/mol. The maximum absolute atomic E-state index is 11.9. The van der Waals surface area contributed by atoms with Crippen LogP contribution in [0.25, 0.3) is 90.9 Å². The summed E-state index contributed by atoms with van der Waals surface area (Å²) >= 11 is 0. The molecule has 0 saturated heterocycles. The van der Waals surface area contributed by atoms with Gasteiger partial charge in [-0.2, -0.15) is 0 Å². The second-order valence-electron chi connectivity index (χ2n) is 14.8. The molecule has 2 aliphatic rings. The maximum Gasteiger partial charge on any atom is 0.305 e. The molecule has 10 heteroatoms. The van der Waals surface area contributed by atoms with Gasteiger partial charge in [-0.25, -0.2) is 9.97 Å². The van der Waals surface area contributed by atoms with Gasteiger partial charge in [0.15, 0.2) is 0 Å². The lowest BCUT2D eigenvalue weighted by atomic mass is 10.0. The van der Waals surface area contributed by atoms with Gasteiger partial charge in [0, 0.05) is 50.7 Å². The van der Waals surface area contributed by atoms with E-state index in [0.29, 0.717) is 61.0 Å². The molecule has 0 saturated carbocycles. The van der Waals surface area contributed by atoms with Crippen LogP contribution in [0.1, 0.15) is 49.0 Å². The SMILES string of the molecule is CCOC(=O)CCCCOc1cccc(-c2c3nc(c(-c4cccc(O)c4)c4ccc([nH]4)c(-c4cccc(O)c4)c4nc(c(-c5cccc(O)c5)c5ccc2[nH]5)C=C4)C=C3)c1. The van der Waals surface area contributed by atoms with Gasteiger partial charge in [-0.1, -0.05) is 48.5 Å². The molecule has 9 rings (SSSR count). The van der Waals surface area contributed by atoms with Crippen molar-refractivity contribution in [3.8, 4) is 67.5 Å². The number of carbonyl (C=O) groups is 1. The average Bonchev–Trinajstić information content (AvgIpc) is 4.09. The lowest BCUT2D eigenvalue weighted by Crippen LogP contribution is -2.05. The topological polar surface area (TPSA) is 154 Å². The second kappa shape index (κ2) is 16.8. The number of unbranched alkanes of at least 4 members (excludes halogenated alkanes) is 1. The van der Waals surface area contributed by atoms with Gasteiger partial charge in [0.05, 0.1) is 36.0 Å². The Hall–Kier alpha value is -7.85. The first-order valence-electron chi connectivity index (χ1n) is 20.2. The fraction of sp³-hybridized carbons (Fsp3) is 0.118. The molecule has 8 bridgehead atoms. The molecule has 0 fully saturated rings. The van der Waals surface area contributed by atoms with E-state index in [2.05, 4.69) is 9.97 Å². The summed E-state index contributed by atoms with van der Waals surface area (Å²) in [5, 5.41) is 32.0. The zero-order valence-electron chi connectivity index (χ0n) is 33.4. The zero-order chi connectivity index (χ0) is 41.9. The smallest absolute Gasteiger partial charge is 0.305 e. The molecule has 7 aromatic rings. The molecule has 10 nitrogen and oxygen atoms in total. The van der Waals surface area contributed by atoms with Crippen LogP contribution in [0.3, 0.4) is 0 Å². The van der Waals surface area contributed by atoms with Gasteiger partial charge in [0.1, 0.15) is 23.0 Å². The van der Waals surface area contributed by atoms with Crippen LogP contribution in [0.4, 0.5) is 0 Å². The van der Waals surface area contributed by atoms with E-state index < -0.39 is 0 Å². The van der Waals surface area contributed by atoms with Crippen molar-refractivity contribution in [3.05, 3.63) is 144 Å². The number of nitrogens with zero attached hydrogens (tertiary/aromatic N) is 2. The van der Waals surface area contributed by atoms with Crippen LogP contribution in [-0.4, -0.2) is 54.4 Å². The third-order valence-corrected chi connectivity index (χ3v) is 10.6. The number of aromatic hydroxyl groups is 3. The molecule has 0 unspecified atom stereocenters. The van der Waals surface area contributed by atoms with Crippen molar-refractivity contribution in [2.75, 3.05) is 13.2 Å². The molecule has 61 heavy (non-hydrogen) atoms. The van der Waals surface area contributed by atoms with E-state index >= 15 is 0 Å². The standard InChI is InChI=1S/C51H42N4O6/c1-2-60-47(59)17-3-4-26-61-38-16-8-12-34(30-38)51-45-24-22-43(54-45)49(32-10-6-14-36(57)28-32)41-20-18-39(52-41)48(31-9-5-13-35(56)27-31)40-19-21-42(53-40)50(44-23-25-46(51)55-44)33-11-7-15-37(58)29-33/h5-16,18-25,27-30,52,55-58H,2-4,17,26H2,1H3. The van der Waals surface area contributed by atoms with Crippen LogP contribution in [-0.2, 0) is 9.53 Å². The van der Waals surface area contributed by atoms with Gasteiger partial charge >= 0.3 is 5.97 Å². The Balaban J connectivity index is 1.32. The van der Waals surface area contributed by atoms with Crippen molar-refractivity contribution < 1.29 is 29.6 Å². The second-order valence-corrected chi connectivity index (χ2v) is 14.8. The zero-order valence-corrected chi connectivity index (χ0v) is 33.4. The number of rotatable bonds is 11. The number of phenolic OH excluding ortho intramolecular Hbond substituents is 3. The van der Waals surface area contributed by atoms with Crippen molar-refractivity contribution >= 4 is 52.3 Å². The number of ether oxygens (including phenoxy) is 2. The first-order valence-corrected chi connectivity index (χ1v) is 20.2. The van der Waals surface area contributed by atoms with Crippen LogP contribution in [0.15, 0.2) is 121 Å². The molecule has 3 aromatic heterocycles. The van der Waals surface area contributed by atoms with Gasteiger partial charge < -0.3 is 34.8 Å². The third kappa shape index (κ3) is 8.11. The van der Waals surface area contributed by atoms with Gasteiger partial charge in [-0.3, -0.25) is 4.79 Å². The molecule has 0 aliphatic carbocycles. The normalized spacial score (nSPS) is 11.8. The number of benzene rings is 4. The molecule has 5 heterocycles. The first-order chi connectivity index (χ1) is 29.8. The molecular weight excluding hydrogens is 765 g/mol. The maximum atomic E-state index is 11.9. The number of phenols is 3. The molecule has 0 amide bonds. The number of aromatic nitrogens is 4. The molecular formula is C51H42N4O6. The Morgan fingerprint density at radius 1 is 0.525 bits per heavy atom. The largest absolute Gasteiger partial charge is 0.508 e. The fourth-order valence-corrected chi connectivity index (χ4v) is 7.94. The molecule has 4 aromatic carbocycles. The number of fused-ring (bicyclic) bond motifs is 8. The Morgan fingerprint density at radius 3 is 1.31 bits per heavy atom. The fourth-order valence-electron chi connectivity index (χ4n) is 7.94. The molecule has 302 valence electrons. The molecule has 0 radical (unpaired) electrons. The minimum absolute atomic E-state index is 0.123. The molecule has 0 atom stereocenters. The number of aromatic amines is 2. The number of esters is 1. The van der Waals surface area contributed by atoms with Crippen LogP contribution in [0.5, 0.6) is 23.0 Å². The van der Waals surface area contributed by atoms with E-state index in [1.807, 2.05) is 103 Å². The summed E-state index contributed by atoms with van der Waals surface area (Å²) in [6, 6.07) is 37.2. The Labute approximate surface area is 351 Å². The van der Waals surface area contributed by atoms with Gasteiger partial charge in [0.2, 0.25) is 0 Å². The van der Waals surface area contributed by atoms with Crippen molar-refractivity contribution in [1.29, 1.82) is 0 Å². The highest BCUT2D eigenvalue weighted by Crippen LogP contribution is 2.40. The van der Waals surface area contributed by atoms with Crippen molar-refractivity contribution in [2.45, 2.75) is 26.2 Å². The predicted octanol–water partition coefficient (Wildman–Crippen LogP) is 11.6. The van der Waals surface area contributed by atoms with E-state index in [1.54, 1.807) is 49.4 Å². The summed E-state index contributed by atoms with van der Waals surface area (Å²) in [4.78, 5) is 29.8. The third-order valence-electron chi connectivity index (χ3n) is 10.6. The highest BCUT2D eigenvalue weighted by molar-refractivity contribution is 6.00.